The van der Waals surface area contributed by atoms with Crippen LogP contribution in [0.25, 0.3) is 0 Å². The number of hydrogen-bond acceptors (Lipinski definition) is 7. The number of alkyl halides is 2. The van der Waals surface area contributed by atoms with E-state index in [0.29, 0.717) is 28.5 Å². The Bertz CT molecular complexity index is 1140. The number of amides is 2. The first kappa shape index (κ1) is 23.7. The Hall–Kier alpha value is -3.50. The van der Waals surface area contributed by atoms with E-state index in [9.17, 15) is 18.4 Å². The molecule has 1 saturated carbocycles. The summed E-state index contributed by atoms with van der Waals surface area (Å²) in [7, 11) is 4.65. The molecule has 0 saturated heterocycles. The van der Waals surface area contributed by atoms with Gasteiger partial charge in [0.05, 0.1) is 24.4 Å². The van der Waals surface area contributed by atoms with Gasteiger partial charge in [0, 0.05) is 45.1 Å². The lowest BCUT2D eigenvalue weighted by atomic mass is 9.91. The number of fused-ring (bicyclic) bond motifs is 1. The van der Waals surface area contributed by atoms with Crippen LogP contribution in [0.3, 0.4) is 0 Å². The molecule has 1 aliphatic carbocycles. The van der Waals surface area contributed by atoms with Crippen molar-refractivity contribution in [3.05, 3.63) is 30.0 Å². The van der Waals surface area contributed by atoms with Crippen LogP contribution in [0.4, 0.5) is 31.9 Å². The second kappa shape index (κ2) is 8.37. The van der Waals surface area contributed by atoms with Crippen molar-refractivity contribution >= 4 is 35.0 Å². The molecule has 2 N–H and O–H groups in total. The van der Waals surface area contributed by atoms with Crippen LogP contribution in [-0.4, -0.2) is 62.0 Å². The highest BCUT2D eigenvalue weighted by atomic mass is 19.3. The molecule has 1 atom stereocenters. The van der Waals surface area contributed by atoms with Gasteiger partial charge in [0.25, 0.3) is 11.8 Å². The van der Waals surface area contributed by atoms with Crippen LogP contribution >= 0.6 is 0 Å². The van der Waals surface area contributed by atoms with Crippen molar-refractivity contribution < 1.29 is 23.1 Å². The number of anilines is 4. The Morgan fingerprint density at radius 1 is 1.32 bits per heavy atom. The molecule has 0 radical (unpaired) electrons. The minimum absolute atomic E-state index is 0.0884. The highest BCUT2D eigenvalue weighted by molar-refractivity contribution is 6.01. The first-order chi connectivity index (χ1) is 16.0. The normalized spacial score (nSPS) is 20.3. The lowest BCUT2D eigenvalue weighted by Crippen LogP contribution is -2.43. The number of ether oxygens (including phenoxy) is 1. The smallest absolute Gasteiger partial charge is 0.253 e. The predicted molar refractivity (Wildman–Crippen MR) is 124 cm³/mol. The Balaban J connectivity index is 1.70. The highest BCUT2D eigenvalue weighted by Gasteiger charge is 2.57. The topological polar surface area (TPSA) is 99.7 Å². The SMILES string of the molecule is CNC(=O)c1ccc(Nc2ncc3c(n2)N(CC2CC2(F)F)CC(C)(C)C(=O)N3C)c(OC)c1. The number of rotatable bonds is 6. The molecule has 2 aliphatic rings. The van der Waals surface area contributed by atoms with Crippen molar-refractivity contribution in [1.29, 1.82) is 0 Å². The van der Waals surface area contributed by atoms with Gasteiger partial charge in [-0.3, -0.25) is 9.59 Å². The summed E-state index contributed by atoms with van der Waals surface area (Å²) in [6.07, 6.45) is 1.33. The Kier molecular flexibility index (Phi) is 5.82. The van der Waals surface area contributed by atoms with Crippen LogP contribution in [0.5, 0.6) is 5.75 Å². The van der Waals surface area contributed by atoms with Crippen LogP contribution in [0.1, 0.15) is 30.6 Å². The molecular formula is C23H28F2N6O3. The van der Waals surface area contributed by atoms with E-state index in [-0.39, 0.29) is 37.3 Å². The van der Waals surface area contributed by atoms with E-state index in [1.807, 2.05) is 0 Å². The van der Waals surface area contributed by atoms with Gasteiger partial charge in [0.1, 0.15) is 11.4 Å². The molecule has 34 heavy (non-hydrogen) atoms. The molecular weight excluding hydrogens is 446 g/mol. The van der Waals surface area contributed by atoms with Gasteiger partial charge < -0.3 is 25.2 Å². The van der Waals surface area contributed by atoms with E-state index in [2.05, 4.69) is 20.6 Å². The summed E-state index contributed by atoms with van der Waals surface area (Å²) in [4.78, 5) is 37.1. The fourth-order valence-electron chi connectivity index (χ4n) is 4.16. The zero-order chi connectivity index (χ0) is 24.8. The van der Waals surface area contributed by atoms with E-state index < -0.39 is 17.3 Å². The quantitative estimate of drug-likeness (QED) is 0.664. The van der Waals surface area contributed by atoms with E-state index in [1.54, 1.807) is 44.0 Å². The van der Waals surface area contributed by atoms with Gasteiger partial charge in [-0.15, -0.1) is 0 Å². The van der Waals surface area contributed by atoms with Crippen LogP contribution in [0.2, 0.25) is 0 Å². The molecule has 1 aromatic heterocycles. The first-order valence-corrected chi connectivity index (χ1v) is 10.9. The van der Waals surface area contributed by atoms with Crippen LogP contribution < -0.4 is 25.2 Å². The fourth-order valence-corrected chi connectivity index (χ4v) is 4.16. The summed E-state index contributed by atoms with van der Waals surface area (Å²) in [5, 5.41) is 5.63. The average Bonchev–Trinajstić information content (AvgIpc) is 3.43. The standard InChI is InChI=1S/C23H28F2N6O3/c1-22(2)12-31(11-14-9-23(14,24)25)18-16(30(4)20(22)33)10-27-21(29-18)28-15-7-6-13(19(32)26-3)8-17(15)34-5/h6-8,10,14H,9,11-12H2,1-5H3,(H,26,32)(H,27,28,29). The maximum Gasteiger partial charge on any atom is 0.253 e. The average molecular weight is 475 g/mol. The third kappa shape index (κ3) is 4.34. The predicted octanol–water partition coefficient (Wildman–Crippen LogP) is 3.05. The number of carbonyl (C=O) groups is 2. The minimum atomic E-state index is -2.69. The maximum absolute atomic E-state index is 13.7. The lowest BCUT2D eigenvalue weighted by molar-refractivity contribution is -0.125. The van der Waals surface area contributed by atoms with Gasteiger partial charge in [-0.1, -0.05) is 0 Å². The maximum atomic E-state index is 13.7. The third-order valence-corrected chi connectivity index (χ3v) is 6.21. The van der Waals surface area contributed by atoms with Crippen molar-refractivity contribution in [3.63, 3.8) is 0 Å². The van der Waals surface area contributed by atoms with Crippen molar-refractivity contribution in [2.24, 2.45) is 11.3 Å². The van der Waals surface area contributed by atoms with Crippen LogP contribution in [0.15, 0.2) is 24.4 Å². The number of halogens is 2. The van der Waals surface area contributed by atoms with E-state index in [4.69, 9.17) is 4.74 Å². The Morgan fingerprint density at radius 3 is 2.65 bits per heavy atom. The van der Waals surface area contributed by atoms with E-state index in [1.165, 1.54) is 25.3 Å². The van der Waals surface area contributed by atoms with Gasteiger partial charge in [0.2, 0.25) is 11.9 Å². The molecule has 182 valence electrons. The van der Waals surface area contributed by atoms with Gasteiger partial charge in [0.15, 0.2) is 5.82 Å². The third-order valence-electron chi connectivity index (χ3n) is 6.21. The van der Waals surface area contributed by atoms with Crippen molar-refractivity contribution in [1.82, 2.24) is 15.3 Å². The summed E-state index contributed by atoms with van der Waals surface area (Å²) in [6, 6.07) is 4.88. The zero-order valence-electron chi connectivity index (χ0n) is 19.8. The van der Waals surface area contributed by atoms with Crippen molar-refractivity contribution in [3.8, 4) is 5.75 Å². The second-order valence-corrected chi connectivity index (χ2v) is 9.31. The van der Waals surface area contributed by atoms with Gasteiger partial charge in [-0.2, -0.15) is 4.98 Å². The summed E-state index contributed by atoms with van der Waals surface area (Å²) in [6.45, 7) is 3.92. The van der Waals surface area contributed by atoms with Crippen LogP contribution in [-0.2, 0) is 4.79 Å². The molecule has 2 aromatic rings. The summed E-state index contributed by atoms with van der Waals surface area (Å²) >= 11 is 0. The Labute approximate surface area is 196 Å². The molecule has 11 heteroatoms. The largest absolute Gasteiger partial charge is 0.495 e. The zero-order valence-corrected chi connectivity index (χ0v) is 19.8. The molecule has 0 bridgehead atoms. The summed E-state index contributed by atoms with van der Waals surface area (Å²) in [5.41, 5.74) is 0.596. The summed E-state index contributed by atoms with van der Waals surface area (Å²) < 4.78 is 32.9. The van der Waals surface area contributed by atoms with Gasteiger partial charge in [-0.05, 0) is 32.0 Å². The first-order valence-electron chi connectivity index (χ1n) is 10.9. The molecule has 4 rings (SSSR count). The molecule has 1 unspecified atom stereocenters. The highest BCUT2D eigenvalue weighted by Crippen LogP contribution is 2.50. The molecule has 9 nitrogen and oxygen atoms in total. The number of benzene rings is 1. The molecule has 2 amide bonds. The molecule has 1 aromatic carbocycles. The second-order valence-electron chi connectivity index (χ2n) is 9.31. The lowest BCUT2D eigenvalue weighted by Gasteiger charge is -2.29. The van der Waals surface area contributed by atoms with Gasteiger partial charge >= 0.3 is 0 Å². The monoisotopic (exact) mass is 474 g/mol. The number of aromatic nitrogens is 2. The van der Waals surface area contributed by atoms with Crippen LogP contribution in [0, 0.1) is 11.3 Å². The number of nitrogens with one attached hydrogen (secondary N) is 2. The number of nitrogens with zero attached hydrogens (tertiary/aromatic N) is 4. The fraction of sp³-hybridized carbons (Fsp3) is 0.478. The number of carbonyl (C=O) groups excluding carboxylic acids is 2. The van der Waals surface area contributed by atoms with E-state index in [0.717, 1.165) is 0 Å². The number of methoxy groups -OCH3 is 1. The molecule has 1 fully saturated rings. The minimum Gasteiger partial charge on any atom is -0.495 e. The van der Waals surface area contributed by atoms with E-state index >= 15 is 0 Å². The summed E-state index contributed by atoms with van der Waals surface area (Å²) in [5.74, 6) is -2.86. The Morgan fingerprint density at radius 2 is 2.03 bits per heavy atom. The van der Waals surface area contributed by atoms with Crippen molar-refractivity contribution in [2.45, 2.75) is 26.2 Å². The number of hydrogen-bond donors (Lipinski definition) is 2. The van der Waals surface area contributed by atoms with Crippen molar-refractivity contribution in [2.75, 3.05) is 49.4 Å². The molecule has 2 heterocycles. The molecule has 0 spiro atoms. The van der Waals surface area contributed by atoms with Gasteiger partial charge in [-0.25, -0.2) is 13.8 Å². The molecule has 1 aliphatic heterocycles.